The number of halogens is 2. The number of hydrogen-bond donors (Lipinski definition) is 10. The van der Waals surface area contributed by atoms with Crippen LogP contribution in [0.1, 0.15) is 51.4 Å². The minimum atomic E-state index is -1.36. The van der Waals surface area contributed by atoms with Gasteiger partial charge in [-0.15, -0.1) is 0 Å². The number of carbonyl (C=O) groups excluding carboxylic acids is 4. The number of benzene rings is 2. The fourth-order valence-corrected chi connectivity index (χ4v) is 9.05. The van der Waals surface area contributed by atoms with Crippen LogP contribution in [0.15, 0.2) is 60.1 Å². The number of aliphatic hydroxyl groups excluding tert-OH is 1. The number of anilines is 3. The summed E-state index contributed by atoms with van der Waals surface area (Å²) in [4.78, 5) is 52.3. The molecule has 3 aliphatic heterocycles. The molecule has 23 heteroatoms. The van der Waals surface area contributed by atoms with Gasteiger partial charge < -0.3 is 66.0 Å². The van der Waals surface area contributed by atoms with Gasteiger partial charge in [-0.2, -0.15) is 11.8 Å². The smallest absolute Gasteiger partial charge is 0.247 e. The highest BCUT2D eigenvalue weighted by atomic mass is 32.2. The molecule has 5 rings (SSSR count). The summed E-state index contributed by atoms with van der Waals surface area (Å²) in [7, 11) is 0. The number of aliphatic hydroxyl groups is 1. The lowest BCUT2D eigenvalue weighted by Gasteiger charge is -2.29. The quantitative estimate of drug-likeness (QED) is 0.0357. The Bertz CT molecular complexity index is 1980. The van der Waals surface area contributed by atoms with E-state index in [1.165, 1.54) is 12.1 Å². The third-order valence-corrected chi connectivity index (χ3v) is 12.5. The summed E-state index contributed by atoms with van der Waals surface area (Å²) in [5.41, 5.74) is 1.44. The topological polar surface area (TPSA) is 255 Å². The van der Waals surface area contributed by atoms with Crippen LogP contribution >= 0.6 is 11.8 Å². The van der Waals surface area contributed by atoms with Crippen molar-refractivity contribution in [2.75, 3.05) is 107 Å². The van der Waals surface area contributed by atoms with Crippen LogP contribution in [0.3, 0.4) is 0 Å². The molecule has 2 saturated heterocycles. The predicted molar refractivity (Wildman–Crippen MR) is 264 cm³/mol. The van der Waals surface area contributed by atoms with Crippen LogP contribution in [-0.2, 0) is 38.1 Å². The maximum Gasteiger partial charge on any atom is 0.247 e. The van der Waals surface area contributed by atoms with E-state index in [0.29, 0.717) is 100 Å². The molecule has 10 N–H and O–H groups in total. The van der Waals surface area contributed by atoms with Gasteiger partial charge in [-0.05, 0) is 68.5 Å². The first kappa shape index (κ1) is 55.8. The Balaban J connectivity index is 0.759. The monoisotopic (exact) mass is 1000 g/mol. The van der Waals surface area contributed by atoms with Crippen molar-refractivity contribution in [3.63, 3.8) is 0 Å². The van der Waals surface area contributed by atoms with E-state index in [4.69, 9.17) is 23.7 Å². The van der Waals surface area contributed by atoms with Crippen LogP contribution in [0, 0.1) is 5.82 Å². The number of ether oxygens (including phenoxy) is 5. The molecule has 3 heterocycles. The van der Waals surface area contributed by atoms with Gasteiger partial charge in [-0.3, -0.25) is 29.8 Å². The summed E-state index contributed by atoms with van der Waals surface area (Å²) >= 11 is 1.89. The molecule has 0 aromatic heterocycles. The summed E-state index contributed by atoms with van der Waals surface area (Å²) in [5.74, 6) is -0.0425. The highest BCUT2D eigenvalue weighted by molar-refractivity contribution is 8.00. The zero-order chi connectivity index (χ0) is 49.8. The Morgan fingerprint density at radius 3 is 2.11 bits per heavy atom. The van der Waals surface area contributed by atoms with Crippen molar-refractivity contribution in [1.29, 1.82) is 0 Å². The van der Waals surface area contributed by atoms with Gasteiger partial charge >= 0.3 is 0 Å². The van der Waals surface area contributed by atoms with Gasteiger partial charge in [0.05, 0.1) is 46.2 Å². The normalized spacial score (nSPS) is 20.4. The molecule has 3 aliphatic rings. The Hall–Kier alpha value is -5.14. The second kappa shape index (κ2) is 32.0. The molecule has 20 nitrogen and oxygen atoms in total. The molecule has 2 fully saturated rings. The molecule has 0 aliphatic carbocycles. The third-order valence-electron chi connectivity index (χ3n) is 11.0. The van der Waals surface area contributed by atoms with Crippen molar-refractivity contribution < 1.29 is 56.7 Å². The largest absolute Gasteiger partial charge is 0.488 e. The van der Waals surface area contributed by atoms with Gasteiger partial charge in [-0.1, -0.05) is 12.6 Å². The van der Waals surface area contributed by atoms with Crippen molar-refractivity contribution in [2.24, 2.45) is 4.99 Å². The van der Waals surface area contributed by atoms with Crippen LogP contribution in [0.5, 0.6) is 5.75 Å². The fourth-order valence-electron chi connectivity index (χ4n) is 7.49. The van der Waals surface area contributed by atoms with Crippen LogP contribution in [0.2, 0.25) is 0 Å². The van der Waals surface area contributed by atoms with E-state index in [2.05, 4.69) is 59.4 Å². The molecule has 70 heavy (non-hydrogen) atoms. The van der Waals surface area contributed by atoms with Gasteiger partial charge in [-0.25, -0.2) is 13.8 Å². The highest BCUT2D eigenvalue weighted by Gasteiger charge is 2.42. The summed E-state index contributed by atoms with van der Waals surface area (Å²) in [5, 5.41) is 36.5. The SMILES string of the molecule is C=CC(=O)Nc1cccc(NC2NC(Nc3ccc(OCCOCCNC(=O)CCCC(=O)NCCCOCCOCCOCCCNC(=O)CCC[C@H]4SCC5NC(O)NC54)c(F)c3)=NCC2F)c1. The van der Waals surface area contributed by atoms with E-state index < -0.39 is 24.5 Å². The Morgan fingerprint density at radius 1 is 0.771 bits per heavy atom. The van der Waals surface area contributed by atoms with Gasteiger partial charge in [0, 0.05) is 98.3 Å². The number of fused-ring (bicyclic) bond motifs is 1. The zero-order valence-corrected chi connectivity index (χ0v) is 40.4. The van der Waals surface area contributed by atoms with E-state index in [-0.39, 0.29) is 87.1 Å². The molecule has 0 bridgehead atoms. The highest BCUT2D eigenvalue weighted by Crippen LogP contribution is 2.33. The van der Waals surface area contributed by atoms with E-state index in [1.807, 2.05) is 11.8 Å². The minimum Gasteiger partial charge on any atom is -0.488 e. The van der Waals surface area contributed by atoms with Crippen molar-refractivity contribution in [3.05, 3.63) is 60.9 Å². The Morgan fingerprint density at radius 2 is 1.41 bits per heavy atom. The molecule has 388 valence electrons. The van der Waals surface area contributed by atoms with Gasteiger partial charge in [0.15, 0.2) is 30.0 Å². The van der Waals surface area contributed by atoms with Gasteiger partial charge in [0.25, 0.3) is 0 Å². The molecule has 2 aromatic rings. The number of thioether (sulfide) groups is 1. The third kappa shape index (κ3) is 21.5. The number of amides is 4. The van der Waals surface area contributed by atoms with Crippen LogP contribution < -0.4 is 52.6 Å². The van der Waals surface area contributed by atoms with Crippen molar-refractivity contribution in [3.8, 4) is 5.75 Å². The van der Waals surface area contributed by atoms with Crippen molar-refractivity contribution in [1.82, 2.24) is 31.9 Å². The molecule has 6 atom stereocenters. The lowest BCUT2D eigenvalue weighted by Crippen LogP contribution is -2.53. The summed E-state index contributed by atoms with van der Waals surface area (Å²) < 4.78 is 57.2. The lowest BCUT2D eigenvalue weighted by atomic mass is 10.0. The van der Waals surface area contributed by atoms with Crippen LogP contribution in [0.25, 0.3) is 0 Å². The summed E-state index contributed by atoms with van der Waals surface area (Å²) in [6.45, 7) is 7.83. The fraction of sp³-hybridized carbons (Fsp3) is 0.596. The number of nitrogens with one attached hydrogen (secondary N) is 9. The van der Waals surface area contributed by atoms with Crippen molar-refractivity contribution >= 4 is 58.4 Å². The number of alkyl halides is 1. The molecule has 4 amide bonds. The standard InChI is InChI=1S/C47H70F2N10O10S/c1-2-40(60)54-32-8-3-9-33(28-32)55-45-36(49)30-53-46(59-45)56-34-14-15-38(35(48)29-34)69-27-26-67-21-18-52-43(63)13-5-12-42(62)51-17-7-20-66-23-25-68-24-22-65-19-6-16-50-41(61)11-4-10-39-44-37(31-70-39)57-47(64)58-44/h2-3,8-9,14-15,28-29,36-37,39,44-45,47,55,57-58,64H,1,4-7,10-13,16-27,30-31H2,(H,50,61)(H,51,62)(H,52,63)(H,54,60)(H2,53,56,59)/t36?,37?,39-,44?,45?,47?/m1/s1. The second-order valence-corrected chi connectivity index (χ2v) is 17.8. The molecule has 2 aromatic carbocycles. The number of rotatable bonds is 34. The average molecular weight is 1010 g/mol. The average Bonchev–Trinajstić information content (AvgIpc) is 3.90. The Kier molecular flexibility index (Phi) is 25.5. The number of guanidine groups is 1. The van der Waals surface area contributed by atoms with Crippen LogP contribution in [0.4, 0.5) is 25.8 Å². The maximum atomic E-state index is 14.8. The van der Waals surface area contributed by atoms with E-state index in [1.54, 1.807) is 30.3 Å². The number of aliphatic imine (C=N–C) groups is 1. The van der Waals surface area contributed by atoms with Crippen molar-refractivity contribution in [2.45, 2.75) is 87.4 Å². The summed E-state index contributed by atoms with van der Waals surface area (Å²) in [6, 6.07) is 11.6. The number of carbonyl (C=O) groups is 4. The first-order valence-electron chi connectivity index (χ1n) is 23.9. The minimum absolute atomic E-state index is 0.0143. The molecule has 0 radical (unpaired) electrons. The number of hydrogen-bond acceptors (Lipinski definition) is 17. The maximum absolute atomic E-state index is 14.8. The van der Waals surface area contributed by atoms with E-state index in [9.17, 15) is 33.1 Å². The van der Waals surface area contributed by atoms with Gasteiger partial charge in [0.1, 0.15) is 12.8 Å². The summed E-state index contributed by atoms with van der Waals surface area (Å²) in [6.07, 6.45) is 2.77. The van der Waals surface area contributed by atoms with E-state index in [0.717, 1.165) is 31.1 Å². The predicted octanol–water partition coefficient (Wildman–Crippen LogP) is 2.33. The molecule has 5 unspecified atom stereocenters. The molecule has 0 spiro atoms. The molecular weight excluding hydrogens is 935 g/mol. The Labute approximate surface area is 412 Å². The number of nitrogens with zero attached hydrogens (tertiary/aromatic N) is 1. The molecular formula is C47H70F2N10O10S. The zero-order valence-electron chi connectivity index (χ0n) is 39.6. The van der Waals surface area contributed by atoms with Gasteiger partial charge in [0.2, 0.25) is 23.6 Å². The lowest BCUT2D eigenvalue weighted by molar-refractivity contribution is -0.123. The first-order chi connectivity index (χ1) is 34.1. The van der Waals surface area contributed by atoms with Crippen LogP contribution in [-0.4, -0.2) is 162 Å². The first-order valence-corrected chi connectivity index (χ1v) is 25.0. The second-order valence-electron chi connectivity index (χ2n) is 16.6. The molecule has 0 saturated carbocycles. The van der Waals surface area contributed by atoms with E-state index >= 15 is 0 Å².